The van der Waals surface area contributed by atoms with Crippen molar-refractivity contribution < 1.29 is 29.3 Å². The van der Waals surface area contributed by atoms with E-state index in [1.165, 1.54) is 44.6 Å². The zero-order valence-electron chi connectivity index (χ0n) is 34.0. The molecule has 2 heterocycles. The topological polar surface area (TPSA) is 117 Å². The maximum absolute atomic E-state index is 12.2. The Balaban J connectivity index is 0.000000145. The monoisotopic (exact) mass is 756 g/mol. The fourth-order valence-electron chi connectivity index (χ4n) is 16.6. The second-order valence-electron chi connectivity index (χ2n) is 21.3. The Hall–Kier alpha value is -2.22. The van der Waals surface area contributed by atoms with Crippen LogP contribution in [-0.2, 0) is 9.53 Å². The Kier molecular flexibility index (Phi) is 9.53. The molecule has 1 saturated heterocycles. The van der Waals surface area contributed by atoms with Crippen LogP contribution in [0.15, 0.2) is 51.9 Å². The fraction of sp³-hybridized carbons (Fsp3) is 0.792. The van der Waals surface area contributed by atoms with Crippen LogP contribution >= 0.6 is 0 Å². The maximum atomic E-state index is 12.2. The van der Waals surface area contributed by atoms with E-state index in [4.69, 9.17) is 9.15 Å². The first kappa shape index (κ1) is 38.3. The average Bonchev–Trinajstić information content (AvgIpc) is 3.65. The molecule has 302 valence electrons. The van der Waals surface area contributed by atoms with E-state index in [2.05, 4.69) is 52.0 Å². The van der Waals surface area contributed by atoms with Crippen LogP contribution in [0.5, 0.6) is 0 Å². The van der Waals surface area contributed by atoms with E-state index in [9.17, 15) is 24.9 Å². The van der Waals surface area contributed by atoms with Crippen molar-refractivity contribution in [2.45, 2.75) is 154 Å². The predicted octanol–water partition coefficient (Wildman–Crippen LogP) is 8.75. The first-order chi connectivity index (χ1) is 26.2. The highest BCUT2D eigenvalue weighted by Gasteiger charge is 2.70. The lowest BCUT2D eigenvalue weighted by Crippen LogP contribution is -2.66. The number of aliphatic hydroxyl groups excluding tert-OH is 2. The van der Waals surface area contributed by atoms with Crippen LogP contribution in [0.1, 0.15) is 142 Å². The first-order valence-electron chi connectivity index (χ1n) is 22.4. The van der Waals surface area contributed by atoms with Crippen molar-refractivity contribution in [1.29, 1.82) is 0 Å². The quantitative estimate of drug-likeness (QED) is 0.259. The van der Waals surface area contributed by atoms with E-state index >= 15 is 0 Å². The predicted molar refractivity (Wildman–Crippen MR) is 212 cm³/mol. The summed E-state index contributed by atoms with van der Waals surface area (Å²) in [6.45, 7) is 10.3. The molecule has 0 amide bonds. The van der Waals surface area contributed by atoms with Crippen LogP contribution in [0.2, 0.25) is 0 Å². The van der Waals surface area contributed by atoms with Crippen LogP contribution < -0.4 is 5.63 Å². The van der Waals surface area contributed by atoms with Gasteiger partial charge in [0.25, 0.3) is 0 Å². The number of hydrogen-bond donors (Lipinski definition) is 3. The summed E-state index contributed by atoms with van der Waals surface area (Å²) < 4.78 is 10.6. The molecule has 7 nitrogen and oxygen atoms in total. The van der Waals surface area contributed by atoms with Crippen molar-refractivity contribution in [1.82, 2.24) is 0 Å². The van der Waals surface area contributed by atoms with Crippen LogP contribution in [0, 0.1) is 74.9 Å². The van der Waals surface area contributed by atoms with E-state index in [0.717, 1.165) is 86.5 Å². The Labute approximate surface area is 328 Å². The lowest BCUT2D eigenvalue weighted by Gasteiger charge is -2.65. The zero-order chi connectivity index (χ0) is 38.5. The molecular weight excluding hydrogens is 689 g/mol. The molecule has 1 unspecified atom stereocenters. The molecule has 7 heteroatoms. The molecule has 0 radical (unpaired) electrons. The van der Waals surface area contributed by atoms with E-state index in [1.807, 2.05) is 6.07 Å². The SMILES string of the molecule is C[C@]12CC[C@H](O)C[C@H]1CC[C@@H]1[C@@H]2[C@H](O)C[C@]2(C)[C@@H](c3ccc(=O)oc3)CC[C@]12O.C[C@]12CC[C@H]3[C@@H](CCC4C=CC=C[C@@]43C)[C@H]1CC[C@@H]2[C@H]1CCC(=O)OC1. The number of fused-ring (bicyclic) bond motifs is 10. The lowest BCUT2D eigenvalue weighted by atomic mass is 9.42. The van der Waals surface area contributed by atoms with Crippen molar-refractivity contribution in [3.8, 4) is 0 Å². The molecule has 8 aliphatic carbocycles. The van der Waals surface area contributed by atoms with Gasteiger partial charge in [0.15, 0.2) is 0 Å². The minimum Gasteiger partial charge on any atom is -0.465 e. The Morgan fingerprint density at radius 2 is 1.55 bits per heavy atom. The highest BCUT2D eigenvalue weighted by Crippen LogP contribution is 2.71. The van der Waals surface area contributed by atoms with Gasteiger partial charge in [-0.3, -0.25) is 4.79 Å². The van der Waals surface area contributed by atoms with Gasteiger partial charge >= 0.3 is 11.6 Å². The van der Waals surface area contributed by atoms with Crippen molar-refractivity contribution in [3.63, 3.8) is 0 Å². The number of rotatable bonds is 2. The van der Waals surface area contributed by atoms with Gasteiger partial charge < -0.3 is 24.5 Å². The molecule has 0 spiro atoms. The second-order valence-corrected chi connectivity index (χ2v) is 21.3. The molecule has 1 aliphatic heterocycles. The number of esters is 1. The molecule has 10 rings (SSSR count). The summed E-state index contributed by atoms with van der Waals surface area (Å²) >= 11 is 0. The molecule has 0 bridgehead atoms. The van der Waals surface area contributed by atoms with Gasteiger partial charge in [-0.15, -0.1) is 0 Å². The van der Waals surface area contributed by atoms with Crippen LogP contribution in [0.4, 0.5) is 0 Å². The van der Waals surface area contributed by atoms with Crippen LogP contribution in [-0.4, -0.2) is 45.7 Å². The van der Waals surface area contributed by atoms with E-state index in [0.29, 0.717) is 42.1 Å². The smallest absolute Gasteiger partial charge is 0.335 e. The molecule has 1 aromatic rings. The Bertz CT molecular complexity index is 1720. The van der Waals surface area contributed by atoms with Crippen LogP contribution in [0.25, 0.3) is 0 Å². The van der Waals surface area contributed by atoms with Crippen molar-refractivity contribution in [3.05, 3.63) is 58.7 Å². The van der Waals surface area contributed by atoms with Gasteiger partial charge in [-0.2, -0.15) is 0 Å². The number of aliphatic hydroxyl groups is 3. The van der Waals surface area contributed by atoms with Gasteiger partial charge in [0, 0.05) is 17.9 Å². The normalized spacial score (nSPS) is 52.2. The van der Waals surface area contributed by atoms with Crippen molar-refractivity contribution >= 4 is 5.97 Å². The summed E-state index contributed by atoms with van der Waals surface area (Å²) in [4.78, 5) is 22.9. The zero-order valence-corrected chi connectivity index (χ0v) is 34.0. The van der Waals surface area contributed by atoms with Gasteiger partial charge in [0.2, 0.25) is 0 Å². The summed E-state index contributed by atoms with van der Waals surface area (Å²) in [6.07, 6.45) is 27.2. The third-order valence-electron chi connectivity index (χ3n) is 19.5. The number of allylic oxidation sites excluding steroid dienone is 4. The summed E-state index contributed by atoms with van der Waals surface area (Å²) in [5.41, 5.74) is 0.184. The van der Waals surface area contributed by atoms with Gasteiger partial charge in [-0.1, -0.05) is 52.0 Å². The first-order valence-corrected chi connectivity index (χ1v) is 22.4. The molecule has 17 atom stereocenters. The minimum atomic E-state index is -0.818. The second kappa shape index (κ2) is 13.7. The molecule has 55 heavy (non-hydrogen) atoms. The number of ether oxygens (including phenoxy) is 1. The molecule has 1 aromatic heterocycles. The minimum absolute atomic E-state index is 0.0176. The Morgan fingerprint density at radius 3 is 2.31 bits per heavy atom. The average molecular weight is 757 g/mol. The summed E-state index contributed by atoms with van der Waals surface area (Å²) in [5.74, 6) is 5.49. The fourth-order valence-corrected chi connectivity index (χ4v) is 16.6. The standard InChI is InChI=1S/C24H34O5.C24H34O2/c1-22-9-7-16(25)11-15(22)4-5-18-21(22)19(26)12-23(2)17(8-10-24(18,23)28)14-3-6-20(27)29-13-14;1-23-13-4-3-5-17(23)7-8-18-20-10-9-19(16-6-11-22(25)26-15-16)24(20,2)14-12-21(18)23/h3,6,13,15-19,21,25-26,28H,4-5,7-12H2,1-2H3;3-5,13,16-21H,6-12,14-15H2,1-2H3/t15-,16+,17-,18-,19-,21-,22+,23-,24+;16-,17?,18-,19+,20+,21-,23-,24+/m10/s1. The van der Waals surface area contributed by atoms with E-state index in [1.54, 1.807) is 6.26 Å². The number of hydrogen-bond acceptors (Lipinski definition) is 7. The molecule has 3 N–H and O–H groups in total. The van der Waals surface area contributed by atoms with E-state index < -0.39 is 17.1 Å². The van der Waals surface area contributed by atoms with Crippen molar-refractivity contribution in [2.75, 3.05) is 6.61 Å². The highest BCUT2D eigenvalue weighted by atomic mass is 16.5. The summed E-state index contributed by atoms with van der Waals surface area (Å²) in [6, 6.07) is 3.28. The van der Waals surface area contributed by atoms with Crippen LogP contribution in [0.3, 0.4) is 0 Å². The maximum Gasteiger partial charge on any atom is 0.335 e. The number of cyclic esters (lactones) is 1. The third-order valence-corrected chi connectivity index (χ3v) is 19.5. The largest absolute Gasteiger partial charge is 0.465 e. The van der Waals surface area contributed by atoms with Gasteiger partial charge in [-0.25, -0.2) is 4.79 Å². The lowest BCUT2D eigenvalue weighted by molar-refractivity contribution is -0.239. The van der Waals surface area contributed by atoms with Crippen molar-refractivity contribution in [2.24, 2.45) is 74.9 Å². The summed E-state index contributed by atoms with van der Waals surface area (Å²) in [5, 5.41) is 33.8. The molecular formula is C48H68O7. The molecule has 8 fully saturated rings. The molecule has 0 aromatic carbocycles. The molecule has 9 aliphatic rings. The number of carbonyl (C=O) groups excluding carboxylic acids is 1. The third kappa shape index (κ3) is 5.80. The molecule has 7 saturated carbocycles. The summed E-state index contributed by atoms with van der Waals surface area (Å²) in [7, 11) is 0. The van der Waals surface area contributed by atoms with Gasteiger partial charge in [0.05, 0.1) is 30.7 Å². The highest BCUT2D eigenvalue weighted by molar-refractivity contribution is 5.70. The van der Waals surface area contributed by atoms with E-state index in [-0.39, 0.29) is 40.9 Å². The van der Waals surface area contributed by atoms with Gasteiger partial charge in [0.1, 0.15) is 0 Å². The number of carbonyl (C=O) groups is 1. The Morgan fingerprint density at radius 1 is 0.764 bits per heavy atom. The van der Waals surface area contributed by atoms with Gasteiger partial charge in [-0.05, 0) is 183 Å².